The summed E-state index contributed by atoms with van der Waals surface area (Å²) in [6.45, 7) is 3.84. The molecule has 2 aliphatic rings. The van der Waals surface area contributed by atoms with Crippen molar-refractivity contribution in [1.82, 2.24) is 15.2 Å². The van der Waals surface area contributed by atoms with E-state index >= 15 is 0 Å². The van der Waals surface area contributed by atoms with Gasteiger partial charge in [0.05, 0.1) is 6.61 Å². The monoisotopic (exact) mass is 586 g/mol. The van der Waals surface area contributed by atoms with Crippen LogP contribution >= 0.6 is 0 Å². The average Bonchev–Trinajstić information content (AvgIpc) is 3.04. The number of anilines is 1. The number of para-hydroxylation sites is 1. The smallest absolute Gasteiger partial charge is 0.326 e. The van der Waals surface area contributed by atoms with Crippen molar-refractivity contribution in [2.24, 2.45) is 0 Å². The Morgan fingerprint density at radius 2 is 1.84 bits per heavy atom. The van der Waals surface area contributed by atoms with Crippen LogP contribution in [0.1, 0.15) is 54.2 Å². The maximum Gasteiger partial charge on any atom is 0.326 e. The van der Waals surface area contributed by atoms with Crippen LogP contribution in [0.2, 0.25) is 0 Å². The maximum absolute atomic E-state index is 13.1. The zero-order valence-corrected chi connectivity index (χ0v) is 24.7. The number of benzene rings is 2. The first-order chi connectivity index (χ1) is 21.1. The molecule has 2 unspecified atom stereocenters. The molecule has 43 heavy (non-hydrogen) atoms. The van der Waals surface area contributed by atoms with Gasteiger partial charge in [0.1, 0.15) is 24.2 Å². The number of aliphatic carboxylic acids is 1. The number of carboxylic acid groups (broad SMARTS) is 1. The standard InChI is InChI=1S/C34H42N4O5/c39-33(31-29-14-5-4-9-25(29)18-23-43-31)37-30(34(40)41)17-21-38(22-24-42-28-12-2-1-3-13-28)20-7-6-11-27-16-15-26-10-8-19-35-32(26)36-27/h1-5,9,12-16,30-31H,6-8,10-11,17-24H2,(H,35,36)(H,37,39)(H,40,41). The van der Waals surface area contributed by atoms with E-state index in [-0.39, 0.29) is 6.42 Å². The molecule has 9 nitrogen and oxygen atoms in total. The summed E-state index contributed by atoms with van der Waals surface area (Å²) >= 11 is 0. The van der Waals surface area contributed by atoms with Crippen LogP contribution in [-0.2, 0) is 33.6 Å². The highest BCUT2D eigenvalue weighted by atomic mass is 16.5. The highest BCUT2D eigenvalue weighted by Crippen LogP contribution is 2.27. The number of rotatable bonds is 15. The third-order valence-electron chi connectivity index (χ3n) is 8.11. The number of carbonyl (C=O) groups is 2. The molecule has 2 atom stereocenters. The Kier molecular flexibility index (Phi) is 11.0. The van der Waals surface area contributed by atoms with E-state index in [2.05, 4.69) is 27.7 Å². The minimum atomic E-state index is -1.05. The number of nitrogens with zero attached hydrogens (tertiary/aromatic N) is 2. The molecular weight excluding hydrogens is 544 g/mol. The largest absolute Gasteiger partial charge is 0.492 e. The molecule has 3 N–H and O–H groups in total. The molecule has 0 saturated heterocycles. The van der Waals surface area contributed by atoms with Crippen LogP contribution < -0.4 is 15.4 Å². The van der Waals surface area contributed by atoms with Crippen molar-refractivity contribution < 1.29 is 24.2 Å². The fourth-order valence-electron chi connectivity index (χ4n) is 5.72. The van der Waals surface area contributed by atoms with E-state index in [0.717, 1.165) is 80.0 Å². The van der Waals surface area contributed by atoms with Crippen LogP contribution in [-0.4, -0.2) is 72.3 Å². The molecule has 0 aliphatic carbocycles. The van der Waals surface area contributed by atoms with E-state index in [0.29, 0.717) is 26.3 Å². The molecule has 228 valence electrons. The van der Waals surface area contributed by atoms with E-state index in [1.165, 1.54) is 5.56 Å². The summed E-state index contributed by atoms with van der Waals surface area (Å²) in [5.41, 5.74) is 4.25. The number of hydrogen-bond acceptors (Lipinski definition) is 7. The first kappa shape index (κ1) is 30.5. The van der Waals surface area contributed by atoms with Gasteiger partial charge >= 0.3 is 5.97 Å². The van der Waals surface area contributed by atoms with Crippen LogP contribution in [0.3, 0.4) is 0 Å². The molecule has 0 bridgehead atoms. The van der Waals surface area contributed by atoms with Gasteiger partial charge < -0.3 is 25.2 Å². The van der Waals surface area contributed by atoms with Gasteiger partial charge in [-0.15, -0.1) is 0 Å². The van der Waals surface area contributed by atoms with Crippen molar-refractivity contribution >= 4 is 17.7 Å². The minimum absolute atomic E-state index is 0.277. The van der Waals surface area contributed by atoms with Crippen molar-refractivity contribution in [3.63, 3.8) is 0 Å². The minimum Gasteiger partial charge on any atom is -0.492 e. The zero-order chi connectivity index (χ0) is 29.9. The number of carbonyl (C=O) groups excluding carboxylic acids is 1. The number of aryl methyl sites for hydroxylation is 2. The number of carboxylic acids is 1. The molecule has 3 heterocycles. The summed E-state index contributed by atoms with van der Waals surface area (Å²) in [7, 11) is 0. The van der Waals surface area contributed by atoms with Gasteiger partial charge in [0, 0.05) is 25.3 Å². The summed E-state index contributed by atoms with van der Waals surface area (Å²) in [5, 5.41) is 16.1. The van der Waals surface area contributed by atoms with Gasteiger partial charge in [-0.05, 0) is 86.4 Å². The van der Waals surface area contributed by atoms with Crippen LogP contribution in [0, 0.1) is 0 Å². The number of nitrogens with one attached hydrogen (secondary N) is 2. The first-order valence-electron chi connectivity index (χ1n) is 15.4. The van der Waals surface area contributed by atoms with Crippen molar-refractivity contribution in [2.75, 3.05) is 44.7 Å². The average molecular weight is 587 g/mol. The van der Waals surface area contributed by atoms with Crippen LogP contribution in [0.4, 0.5) is 5.82 Å². The fraction of sp³-hybridized carbons (Fsp3) is 0.441. The summed E-state index contributed by atoms with van der Waals surface area (Å²) < 4.78 is 11.7. The van der Waals surface area contributed by atoms with Gasteiger partial charge in [-0.25, -0.2) is 9.78 Å². The Balaban J connectivity index is 1.15. The predicted octanol–water partition coefficient (Wildman–Crippen LogP) is 4.42. The zero-order valence-electron chi connectivity index (χ0n) is 24.7. The van der Waals surface area contributed by atoms with E-state index in [1.807, 2.05) is 54.6 Å². The van der Waals surface area contributed by atoms with Crippen molar-refractivity contribution in [3.8, 4) is 5.75 Å². The highest BCUT2D eigenvalue weighted by Gasteiger charge is 2.30. The quantitative estimate of drug-likeness (QED) is 0.225. The second-order valence-corrected chi connectivity index (χ2v) is 11.2. The van der Waals surface area contributed by atoms with E-state index in [4.69, 9.17) is 14.5 Å². The van der Waals surface area contributed by atoms with Crippen LogP contribution in [0.15, 0.2) is 66.7 Å². The van der Waals surface area contributed by atoms with Crippen LogP contribution in [0.5, 0.6) is 5.75 Å². The van der Waals surface area contributed by atoms with Gasteiger partial charge in [-0.2, -0.15) is 0 Å². The third-order valence-corrected chi connectivity index (χ3v) is 8.11. The van der Waals surface area contributed by atoms with E-state index < -0.39 is 24.0 Å². The number of aromatic nitrogens is 1. The fourth-order valence-corrected chi connectivity index (χ4v) is 5.72. The molecular formula is C34H42N4O5. The number of ether oxygens (including phenoxy) is 2. The number of hydrogen-bond donors (Lipinski definition) is 3. The Bertz CT molecular complexity index is 1350. The molecule has 0 saturated carbocycles. The van der Waals surface area contributed by atoms with Crippen LogP contribution in [0.25, 0.3) is 0 Å². The van der Waals surface area contributed by atoms with Gasteiger partial charge in [0.25, 0.3) is 5.91 Å². The predicted molar refractivity (Wildman–Crippen MR) is 165 cm³/mol. The third kappa shape index (κ3) is 8.78. The van der Waals surface area contributed by atoms with Gasteiger partial charge in [0.2, 0.25) is 0 Å². The number of fused-ring (bicyclic) bond motifs is 2. The molecule has 0 spiro atoms. The molecule has 0 fully saturated rings. The molecule has 2 aliphatic heterocycles. The lowest BCUT2D eigenvalue weighted by Gasteiger charge is -2.28. The number of unbranched alkanes of at least 4 members (excludes halogenated alkanes) is 1. The van der Waals surface area contributed by atoms with Gasteiger partial charge in [-0.1, -0.05) is 48.5 Å². The molecule has 2 aromatic carbocycles. The first-order valence-corrected chi connectivity index (χ1v) is 15.4. The summed E-state index contributed by atoms with van der Waals surface area (Å²) in [6.07, 6.45) is 5.24. The van der Waals surface area contributed by atoms with Gasteiger partial charge in [0.15, 0.2) is 6.10 Å². The molecule has 3 aromatic rings. The topological polar surface area (TPSA) is 113 Å². The summed E-state index contributed by atoms with van der Waals surface area (Å²) in [6, 6.07) is 20.6. The summed E-state index contributed by atoms with van der Waals surface area (Å²) in [4.78, 5) is 32.4. The Labute approximate surface area is 253 Å². The maximum atomic E-state index is 13.1. The number of pyridine rings is 1. The van der Waals surface area contributed by atoms with Crippen molar-refractivity contribution in [2.45, 2.75) is 57.1 Å². The summed E-state index contributed by atoms with van der Waals surface area (Å²) in [5.74, 6) is 0.362. The lowest BCUT2D eigenvalue weighted by Crippen LogP contribution is -2.46. The highest BCUT2D eigenvalue weighted by molar-refractivity contribution is 5.87. The molecule has 1 amide bonds. The Morgan fingerprint density at radius 1 is 1.00 bits per heavy atom. The Hall–Kier alpha value is -3.95. The molecule has 9 heteroatoms. The van der Waals surface area contributed by atoms with Crippen molar-refractivity contribution in [3.05, 3.63) is 89.1 Å². The van der Waals surface area contributed by atoms with E-state index in [9.17, 15) is 14.7 Å². The second-order valence-electron chi connectivity index (χ2n) is 11.2. The molecule has 1 aromatic heterocycles. The van der Waals surface area contributed by atoms with E-state index in [1.54, 1.807) is 0 Å². The molecule has 5 rings (SSSR count). The van der Waals surface area contributed by atoms with Crippen molar-refractivity contribution in [1.29, 1.82) is 0 Å². The Morgan fingerprint density at radius 3 is 2.70 bits per heavy atom. The lowest BCUT2D eigenvalue weighted by atomic mass is 9.97. The normalized spacial score (nSPS) is 16.4. The second kappa shape index (κ2) is 15.5. The molecule has 0 radical (unpaired) electrons. The number of amides is 1. The lowest BCUT2D eigenvalue weighted by molar-refractivity contribution is -0.145. The SMILES string of the molecule is O=C(O)C(CCN(CCCCc1ccc2c(n1)NCCC2)CCOc1ccccc1)NC(=O)C1OCCc2ccccc21. The van der Waals surface area contributed by atoms with Gasteiger partial charge in [-0.3, -0.25) is 9.69 Å².